The number of alkyl halides is 3. The molecule has 156 valence electrons. The summed E-state index contributed by atoms with van der Waals surface area (Å²) in [5, 5.41) is 4.96. The zero-order valence-corrected chi connectivity index (χ0v) is 15.6. The van der Waals surface area contributed by atoms with Gasteiger partial charge in [0.15, 0.2) is 6.61 Å². The predicted octanol–water partition coefficient (Wildman–Crippen LogP) is 2.47. The van der Waals surface area contributed by atoms with Crippen LogP contribution in [0, 0.1) is 0 Å². The Morgan fingerprint density at radius 2 is 1.83 bits per heavy atom. The van der Waals surface area contributed by atoms with Gasteiger partial charge < -0.3 is 20.1 Å². The first kappa shape index (κ1) is 22.0. The molecule has 1 aromatic carbocycles. The highest BCUT2D eigenvalue weighted by Gasteiger charge is 2.29. The monoisotopic (exact) mass is 411 g/mol. The summed E-state index contributed by atoms with van der Waals surface area (Å²) in [4.78, 5) is 28.0. The maximum atomic E-state index is 12.3. The molecule has 1 heterocycles. The summed E-state index contributed by atoms with van der Waals surface area (Å²) in [6.07, 6.45) is -3.22. The number of carbonyl (C=O) groups excluding carboxylic acids is 2. The average molecular weight is 411 g/mol. The number of nitrogens with zero attached hydrogens (tertiary/aromatic N) is 1. The second kappa shape index (κ2) is 10.3. The van der Waals surface area contributed by atoms with Gasteiger partial charge in [-0.15, -0.1) is 0 Å². The molecule has 0 saturated heterocycles. The maximum Gasteiger partial charge on any atom is 0.422 e. The van der Waals surface area contributed by atoms with Gasteiger partial charge in [0.25, 0.3) is 5.91 Å². The van der Waals surface area contributed by atoms with Crippen LogP contribution in [-0.4, -0.2) is 42.7 Å². The molecule has 0 radical (unpaired) electrons. The highest BCUT2D eigenvalue weighted by molar-refractivity contribution is 5.98. The molecule has 1 aromatic heterocycles. The first-order valence-electron chi connectivity index (χ1n) is 8.70. The summed E-state index contributed by atoms with van der Waals surface area (Å²) in [6.45, 7) is 0.256. The van der Waals surface area contributed by atoms with Crippen LogP contribution in [0.4, 0.5) is 13.2 Å². The Labute approximate surface area is 165 Å². The van der Waals surface area contributed by atoms with Crippen molar-refractivity contribution < 1.29 is 32.2 Å². The van der Waals surface area contributed by atoms with E-state index in [1.54, 1.807) is 31.2 Å². The Kier molecular flexibility index (Phi) is 7.81. The van der Waals surface area contributed by atoms with Crippen LogP contribution in [0.1, 0.15) is 22.8 Å². The number of benzene rings is 1. The third-order valence-electron chi connectivity index (χ3n) is 3.54. The summed E-state index contributed by atoms with van der Waals surface area (Å²) in [6, 6.07) is 9.59. The van der Waals surface area contributed by atoms with Gasteiger partial charge >= 0.3 is 6.18 Å². The number of nitrogens with one attached hydrogen (secondary N) is 2. The van der Waals surface area contributed by atoms with E-state index in [1.165, 1.54) is 18.3 Å². The molecule has 0 aliphatic heterocycles. The van der Waals surface area contributed by atoms with E-state index in [-0.39, 0.29) is 30.1 Å². The van der Waals surface area contributed by atoms with Crippen molar-refractivity contribution in [1.82, 2.24) is 15.6 Å². The summed E-state index contributed by atoms with van der Waals surface area (Å²) in [5.41, 5.74) is 0.565. The molecule has 0 saturated carbocycles. The van der Waals surface area contributed by atoms with E-state index in [1.807, 2.05) is 0 Å². The van der Waals surface area contributed by atoms with Crippen molar-refractivity contribution in [3.8, 4) is 11.6 Å². The standard InChI is InChI=1S/C19H20F3N3O4/c1-2-28-15-8-4-3-7-14(15)17(27)25-11-16(26)24-10-13-6-5-9-23-18(13)29-12-19(20,21)22/h3-9H,2,10-12H2,1H3,(H,24,26)(H,25,27). The fourth-order valence-corrected chi connectivity index (χ4v) is 2.29. The van der Waals surface area contributed by atoms with Gasteiger partial charge in [0.2, 0.25) is 11.8 Å². The number of hydrogen-bond donors (Lipinski definition) is 2. The molecule has 7 nitrogen and oxygen atoms in total. The van der Waals surface area contributed by atoms with E-state index in [9.17, 15) is 22.8 Å². The maximum absolute atomic E-state index is 12.3. The molecule has 2 N–H and O–H groups in total. The van der Waals surface area contributed by atoms with E-state index < -0.39 is 24.6 Å². The van der Waals surface area contributed by atoms with E-state index >= 15 is 0 Å². The van der Waals surface area contributed by atoms with Gasteiger partial charge in [0.05, 0.1) is 18.7 Å². The fraction of sp³-hybridized carbons (Fsp3) is 0.316. The Morgan fingerprint density at radius 3 is 2.55 bits per heavy atom. The lowest BCUT2D eigenvalue weighted by molar-refractivity contribution is -0.154. The normalized spacial score (nSPS) is 10.9. The average Bonchev–Trinajstić information content (AvgIpc) is 2.69. The van der Waals surface area contributed by atoms with Crippen molar-refractivity contribution in [2.75, 3.05) is 19.8 Å². The van der Waals surface area contributed by atoms with Gasteiger partial charge in [-0.3, -0.25) is 9.59 Å². The minimum absolute atomic E-state index is 0.106. The number of pyridine rings is 1. The zero-order chi connectivity index (χ0) is 21.3. The number of para-hydroxylation sites is 1. The van der Waals surface area contributed by atoms with Crippen LogP contribution in [0.2, 0.25) is 0 Å². The fourth-order valence-electron chi connectivity index (χ4n) is 2.29. The smallest absolute Gasteiger partial charge is 0.422 e. The second-order valence-electron chi connectivity index (χ2n) is 5.76. The number of halogens is 3. The van der Waals surface area contributed by atoms with E-state index in [2.05, 4.69) is 20.4 Å². The second-order valence-corrected chi connectivity index (χ2v) is 5.76. The number of aromatic nitrogens is 1. The van der Waals surface area contributed by atoms with Crippen LogP contribution >= 0.6 is 0 Å². The largest absolute Gasteiger partial charge is 0.493 e. The van der Waals surface area contributed by atoms with Crippen molar-refractivity contribution in [3.05, 3.63) is 53.7 Å². The quantitative estimate of drug-likeness (QED) is 0.662. The molecule has 2 amide bonds. The third-order valence-corrected chi connectivity index (χ3v) is 3.54. The molecule has 2 aromatic rings. The van der Waals surface area contributed by atoms with Crippen molar-refractivity contribution in [2.45, 2.75) is 19.6 Å². The Hall–Kier alpha value is -3.30. The van der Waals surface area contributed by atoms with Crippen LogP contribution in [0.15, 0.2) is 42.6 Å². The zero-order valence-electron chi connectivity index (χ0n) is 15.6. The SMILES string of the molecule is CCOc1ccccc1C(=O)NCC(=O)NCc1cccnc1OCC(F)(F)F. The highest BCUT2D eigenvalue weighted by Crippen LogP contribution is 2.20. The van der Waals surface area contributed by atoms with Gasteiger partial charge in [-0.1, -0.05) is 18.2 Å². The van der Waals surface area contributed by atoms with E-state index in [0.29, 0.717) is 12.4 Å². The number of carbonyl (C=O) groups is 2. The van der Waals surface area contributed by atoms with Gasteiger partial charge in [-0.2, -0.15) is 13.2 Å². The molecule has 0 aliphatic carbocycles. The van der Waals surface area contributed by atoms with Gasteiger partial charge in [0.1, 0.15) is 5.75 Å². The van der Waals surface area contributed by atoms with Crippen LogP contribution < -0.4 is 20.1 Å². The van der Waals surface area contributed by atoms with Crippen molar-refractivity contribution in [2.24, 2.45) is 0 Å². The van der Waals surface area contributed by atoms with E-state index in [0.717, 1.165) is 0 Å². The summed E-state index contributed by atoms with van der Waals surface area (Å²) in [7, 11) is 0. The van der Waals surface area contributed by atoms with Gasteiger partial charge in [-0.25, -0.2) is 4.98 Å². The molecular weight excluding hydrogens is 391 g/mol. The Morgan fingerprint density at radius 1 is 1.07 bits per heavy atom. The lowest BCUT2D eigenvalue weighted by Crippen LogP contribution is -2.36. The van der Waals surface area contributed by atoms with Crippen LogP contribution in [0.25, 0.3) is 0 Å². The number of amides is 2. The summed E-state index contributed by atoms with van der Waals surface area (Å²) >= 11 is 0. The van der Waals surface area contributed by atoms with Crippen LogP contribution in [-0.2, 0) is 11.3 Å². The van der Waals surface area contributed by atoms with Crippen LogP contribution in [0.3, 0.4) is 0 Å². The topological polar surface area (TPSA) is 89.5 Å². The summed E-state index contributed by atoms with van der Waals surface area (Å²) < 4.78 is 46.9. The molecule has 10 heteroatoms. The molecule has 0 bridgehead atoms. The third kappa shape index (κ3) is 7.32. The molecule has 0 aliphatic rings. The van der Waals surface area contributed by atoms with E-state index in [4.69, 9.17) is 4.74 Å². The summed E-state index contributed by atoms with van der Waals surface area (Å²) in [5.74, 6) is -0.841. The molecule has 29 heavy (non-hydrogen) atoms. The molecule has 0 atom stereocenters. The molecule has 0 unspecified atom stereocenters. The molecular formula is C19H20F3N3O4. The first-order valence-corrected chi connectivity index (χ1v) is 8.70. The molecule has 0 spiro atoms. The Balaban J connectivity index is 1.87. The highest BCUT2D eigenvalue weighted by atomic mass is 19.4. The first-order chi connectivity index (χ1) is 13.8. The minimum atomic E-state index is -4.50. The lowest BCUT2D eigenvalue weighted by atomic mass is 10.2. The predicted molar refractivity (Wildman–Crippen MR) is 97.6 cm³/mol. The lowest BCUT2D eigenvalue weighted by Gasteiger charge is -2.13. The molecule has 0 fully saturated rings. The molecule has 2 rings (SSSR count). The van der Waals surface area contributed by atoms with Crippen LogP contribution in [0.5, 0.6) is 11.6 Å². The van der Waals surface area contributed by atoms with Gasteiger partial charge in [0, 0.05) is 18.3 Å². The Bertz CT molecular complexity index is 843. The minimum Gasteiger partial charge on any atom is -0.493 e. The van der Waals surface area contributed by atoms with Gasteiger partial charge in [-0.05, 0) is 25.1 Å². The number of ether oxygens (including phenoxy) is 2. The van der Waals surface area contributed by atoms with Crippen molar-refractivity contribution >= 4 is 11.8 Å². The number of rotatable bonds is 9. The number of hydrogen-bond acceptors (Lipinski definition) is 5. The van der Waals surface area contributed by atoms with Crippen molar-refractivity contribution in [3.63, 3.8) is 0 Å². The van der Waals surface area contributed by atoms with Crippen molar-refractivity contribution in [1.29, 1.82) is 0 Å².